The Kier molecular flexibility index (Phi) is 4.91. The molecule has 1 aliphatic heterocycles. The fourth-order valence-electron chi connectivity index (χ4n) is 2.54. The molecule has 1 fully saturated rings. The molecule has 10 heteroatoms. The molecular weight excluding hydrogens is 346 g/mol. The molecule has 2 N–H and O–H groups in total. The Morgan fingerprint density at radius 2 is 2.12 bits per heavy atom. The van der Waals surface area contributed by atoms with E-state index in [4.69, 9.17) is 4.42 Å². The summed E-state index contributed by atoms with van der Waals surface area (Å²) in [5.41, 5.74) is 0.345. The SMILES string of the molecule is CCC(C)NS(=O)(=O)c1c[nH]c(-c2nnc(C(=O)N3CCCC3)o2)c1. The van der Waals surface area contributed by atoms with Crippen LogP contribution in [0.3, 0.4) is 0 Å². The van der Waals surface area contributed by atoms with Gasteiger partial charge >= 0.3 is 11.8 Å². The van der Waals surface area contributed by atoms with E-state index in [2.05, 4.69) is 19.9 Å². The summed E-state index contributed by atoms with van der Waals surface area (Å²) in [7, 11) is -3.63. The van der Waals surface area contributed by atoms with Gasteiger partial charge in [-0.25, -0.2) is 13.1 Å². The molecule has 1 saturated heterocycles. The number of carbonyl (C=O) groups is 1. The van der Waals surface area contributed by atoms with Crippen LogP contribution in [0.1, 0.15) is 43.8 Å². The number of hydrogen-bond donors (Lipinski definition) is 2. The van der Waals surface area contributed by atoms with Gasteiger partial charge in [-0.1, -0.05) is 6.92 Å². The lowest BCUT2D eigenvalue weighted by atomic mass is 10.3. The van der Waals surface area contributed by atoms with Crippen LogP contribution in [0, 0.1) is 0 Å². The summed E-state index contributed by atoms with van der Waals surface area (Å²) < 4.78 is 32.5. The predicted molar refractivity (Wildman–Crippen MR) is 89.3 cm³/mol. The number of carbonyl (C=O) groups excluding carboxylic acids is 1. The number of nitrogens with one attached hydrogen (secondary N) is 2. The first kappa shape index (κ1) is 17.6. The molecule has 1 unspecified atom stereocenters. The minimum absolute atomic E-state index is 0.0764. The van der Waals surface area contributed by atoms with Crippen LogP contribution in [0.4, 0.5) is 0 Å². The van der Waals surface area contributed by atoms with Gasteiger partial charge in [0.05, 0.1) is 0 Å². The van der Waals surface area contributed by atoms with Crippen LogP contribution in [0.25, 0.3) is 11.6 Å². The van der Waals surface area contributed by atoms with Crippen molar-refractivity contribution in [2.24, 2.45) is 0 Å². The zero-order chi connectivity index (χ0) is 18.0. The molecule has 2 aromatic heterocycles. The first-order valence-corrected chi connectivity index (χ1v) is 9.73. The topological polar surface area (TPSA) is 121 Å². The Balaban J connectivity index is 1.78. The molecular formula is C15H21N5O4S. The second-order valence-corrected chi connectivity index (χ2v) is 7.81. The van der Waals surface area contributed by atoms with E-state index in [1.807, 2.05) is 6.92 Å². The van der Waals surface area contributed by atoms with E-state index in [-0.39, 0.29) is 28.6 Å². The molecule has 136 valence electrons. The van der Waals surface area contributed by atoms with Gasteiger partial charge in [-0.2, -0.15) is 0 Å². The molecule has 2 aromatic rings. The lowest BCUT2D eigenvalue weighted by molar-refractivity contribution is 0.0754. The zero-order valence-corrected chi connectivity index (χ0v) is 15.0. The molecule has 0 saturated carbocycles. The van der Waals surface area contributed by atoms with Crippen LogP contribution in [0.5, 0.6) is 0 Å². The van der Waals surface area contributed by atoms with Crippen molar-refractivity contribution in [3.05, 3.63) is 18.2 Å². The molecule has 1 atom stereocenters. The van der Waals surface area contributed by atoms with Crippen molar-refractivity contribution in [3.8, 4) is 11.6 Å². The molecule has 1 aliphatic rings. The van der Waals surface area contributed by atoms with Crippen molar-refractivity contribution in [3.63, 3.8) is 0 Å². The van der Waals surface area contributed by atoms with Gasteiger partial charge in [-0.15, -0.1) is 10.2 Å². The normalized spacial score (nSPS) is 16.3. The van der Waals surface area contributed by atoms with Crippen molar-refractivity contribution in [1.29, 1.82) is 0 Å². The number of aromatic nitrogens is 3. The van der Waals surface area contributed by atoms with E-state index in [0.717, 1.165) is 12.8 Å². The van der Waals surface area contributed by atoms with Gasteiger partial charge in [0.1, 0.15) is 10.6 Å². The van der Waals surface area contributed by atoms with Crippen LogP contribution in [-0.4, -0.2) is 53.5 Å². The van der Waals surface area contributed by atoms with E-state index in [1.54, 1.807) is 11.8 Å². The van der Waals surface area contributed by atoms with E-state index < -0.39 is 10.0 Å². The van der Waals surface area contributed by atoms with Gasteiger partial charge in [0.15, 0.2) is 0 Å². The standard InChI is InChI=1S/C15H21N5O4S/c1-3-10(2)19-25(22,23)11-8-12(16-9-11)13-17-18-14(24-13)15(21)20-6-4-5-7-20/h8-10,16,19H,3-7H2,1-2H3. The average Bonchev–Trinajstić information content (AvgIpc) is 3.33. The van der Waals surface area contributed by atoms with Crippen molar-refractivity contribution < 1.29 is 17.6 Å². The first-order chi connectivity index (χ1) is 11.9. The summed E-state index contributed by atoms with van der Waals surface area (Å²) in [5, 5.41) is 7.62. The minimum atomic E-state index is -3.63. The highest BCUT2D eigenvalue weighted by Gasteiger charge is 2.26. The van der Waals surface area contributed by atoms with Gasteiger partial charge in [0.2, 0.25) is 10.0 Å². The van der Waals surface area contributed by atoms with Crippen molar-refractivity contribution in [2.75, 3.05) is 13.1 Å². The largest absolute Gasteiger partial charge is 0.411 e. The molecule has 25 heavy (non-hydrogen) atoms. The number of H-pyrrole nitrogens is 1. The maximum absolute atomic E-state index is 12.3. The molecule has 0 aliphatic carbocycles. The van der Waals surface area contributed by atoms with Crippen LogP contribution < -0.4 is 4.72 Å². The van der Waals surface area contributed by atoms with Crippen LogP contribution >= 0.6 is 0 Å². The van der Waals surface area contributed by atoms with Gasteiger partial charge in [0.25, 0.3) is 5.89 Å². The molecule has 3 heterocycles. The fraction of sp³-hybridized carbons (Fsp3) is 0.533. The fourth-order valence-corrected chi connectivity index (χ4v) is 3.86. The summed E-state index contributed by atoms with van der Waals surface area (Å²) in [6.07, 6.45) is 3.97. The number of sulfonamides is 1. The van der Waals surface area contributed by atoms with Gasteiger partial charge in [-0.3, -0.25) is 4.79 Å². The van der Waals surface area contributed by atoms with Crippen LogP contribution in [0.2, 0.25) is 0 Å². The molecule has 9 nitrogen and oxygen atoms in total. The van der Waals surface area contributed by atoms with Gasteiger partial charge < -0.3 is 14.3 Å². The summed E-state index contributed by atoms with van der Waals surface area (Å²) >= 11 is 0. The Labute approximate surface area is 145 Å². The van der Waals surface area contributed by atoms with Crippen molar-refractivity contribution >= 4 is 15.9 Å². The summed E-state index contributed by atoms with van der Waals surface area (Å²) in [6.45, 7) is 5.05. The molecule has 0 bridgehead atoms. The quantitative estimate of drug-likeness (QED) is 0.795. The van der Waals surface area contributed by atoms with E-state index >= 15 is 0 Å². The third-order valence-corrected chi connectivity index (χ3v) is 5.74. The lowest BCUT2D eigenvalue weighted by Crippen LogP contribution is -2.31. The predicted octanol–water partition coefficient (Wildman–Crippen LogP) is 1.38. The second kappa shape index (κ2) is 6.96. The van der Waals surface area contributed by atoms with Crippen LogP contribution in [-0.2, 0) is 10.0 Å². The molecule has 3 rings (SSSR count). The summed E-state index contributed by atoms with van der Waals surface area (Å²) in [4.78, 5) is 16.8. The van der Waals surface area contributed by atoms with E-state index in [0.29, 0.717) is 25.2 Å². The maximum Gasteiger partial charge on any atom is 0.311 e. The highest BCUT2D eigenvalue weighted by atomic mass is 32.2. The van der Waals surface area contributed by atoms with E-state index in [1.165, 1.54) is 12.3 Å². The number of rotatable bonds is 6. The molecule has 0 aromatic carbocycles. The highest BCUT2D eigenvalue weighted by molar-refractivity contribution is 7.89. The Morgan fingerprint density at radius 1 is 1.40 bits per heavy atom. The first-order valence-electron chi connectivity index (χ1n) is 8.24. The van der Waals surface area contributed by atoms with Crippen molar-refractivity contribution in [2.45, 2.75) is 44.0 Å². The second-order valence-electron chi connectivity index (χ2n) is 6.09. The maximum atomic E-state index is 12.3. The third kappa shape index (κ3) is 3.74. The number of amides is 1. The van der Waals surface area contributed by atoms with Gasteiger partial charge in [-0.05, 0) is 32.3 Å². The number of aromatic amines is 1. The highest BCUT2D eigenvalue weighted by Crippen LogP contribution is 2.22. The zero-order valence-electron chi connectivity index (χ0n) is 14.2. The molecule has 0 radical (unpaired) electrons. The number of likely N-dealkylation sites (tertiary alicyclic amines) is 1. The summed E-state index contributed by atoms with van der Waals surface area (Å²) in [6, 6.07) is 1.24. The molecule has 1 amide bonds. The number of hydrogen-bond acceptors (Lipinski definition) is 6. The summed E-state index contributed by atoms with van der Waals surface area (Å²) in [5.74, 6) is -0.310. The minimum Gasteiger partial charge on any atom is -0.411 e. The van der Waals surface area contributed by atoms with E-state index in [9.17, 15) is 13.2 Å². The van der Waals surface area contributed by atoms with Gasteiger partial charge in [0, 0.05) is 25.3 Å². The average molecular weight is 367 g/mol. The smallest absolute Gasteiger partial charge is 0.311 e. The molecule has 0 spiro atoms. The third-order valence-electron chi connectivity index (χ3n) is 4.17. The monoisotopic (exact) mass is 367 g/mol. The van der Waals surface area contributed by atoms with Crippen LogP contribution in [0.15, 0.2) is 21.6 Å². The Morgan fingerprint density at radius 3 is 2.80 bits per heavy atom. The van der Waals surface area contributed by atoms with Crippen molar-refractivity contribution in [1.82, 2.24) is 24.8 Å². The Bertz CT molecular complexity index is 851. The Hall–Kier alpha value is -2.20. The lowest BCUT2D eigenvalue weighted by Gasteiger charge is -2.11. The number of nitrogens with zero attached hydrogens (tertiary/aromatic N) is 3.